The standard InChI is InChI=1S/C25H24N2O4S2/c1-2-31-21-14-9-15-22-24(21)26-25(32-22)27(18-19-10-5-3-6-11-19)23(28)16-17-33(29,30)20-12-7-4-8-13-20/h3-15H,2,16-18H2,1H3. The van der Waals surface area contributed by atoms with Crippen molar-refractivity contribution < 1.29 is 17.9 Å². The summed E-state index contributed by atoms with van der Waals surface area (Å²) < 4.78 is 32.0. The van der Waals surface area contributed by atoms with Crippen molar-refractivity contribution in [3.05, 3.63) is 84.4 Å². The van der Waals surface area contributed by atoms with Gasteiger partial charge in [0.25, 0.3) is 0 Å². The molecule has 1 heterocycles. The molecule has 0 aliphatic carbocycles. The fourth-order valence-electron chi connectivity index (χ4n) is 3.43. The van der Waals surface area contributed by atoms with Crippen LogP contribution >= 0.6 is 11.3 Å². The molecular formula is C25H24N2O4S2. The molecule has 0 spiro atoms. The monoisotopic (exact) mass is 480 g/mol. The number of anilines is 1. The number of carbonyl (C=O) groups is 1. The number of benzene rings is 3. The van der Waals surface area contributed by atoms with E-state index in [2.05, 4.69) is 0 Å². The lowest BCUT2D eigenvalue weighted by Crippen LogP contribution is -2.31. The van der Waals surface area contributed by atoms with Crippen molar-refractivity contribution in [2.45, 2.75) is 24.8 Å². The van der Waals surface area contributed by atoms with Crippen molar-refractivity contribution in [2.75, 3.05) is 17.3 Å². The highest BCUT2D eigenvalue weighted by Crippen LogP contribution is 2.35. The van der Waals surface area contributed by atoms with Crippen molar-refractivity contribution in [3.63, 3.8) is 0 Å². The maximum Gasteiger partial charge on any atom is 0.230 e. The Bertz CT molecular complexity index is 1340. The van der Waals surface area contributed by atoms with Gasteiger partial charge < -0.3 is 4.74 Å². The molecule has 8 heteroatoms. The van der Waals surface area contributed by atoms with Gasteiger partial charge >= 0.3 is 0 Å². The number of fused-ring (bicyclic) bond motifs is 1. The summed E-state index contributed by atoms with van der Waals surface area (Å²) in [6, 6.07) is 23.5. The smallest absolute Gasteiger partial charge is 0.230 e. The quantitative estimate of drug-likeness (QED) is 0.333. The highest BCUT2D eigenvalue weighted by Gasteiger charge is 2.24. The molecule has 0 fully saturated rings. The molecule has 3 aromatic carbocycles. The van der Waals surface area contributed by atoms with Gasteiger partial charge in [0.15, 0.2) is 15.0 Å². The minimum absolute atomic E-state index is 0.141. The molecule has 0 radical (unpaired) electrons. The van der Waals surface area contributed by atoms with E-state index in [4.69, 9.17) is 9.72 Å². The minimum Gasteiger partial charge on any atom is -0.492 e. The number of ether oxygens (including phenoxy) is 1. The summed E-state index contributed by atoms with van der Waals surface area (Å²) in [5.74, 6) is 0.0996. The molecule has 0 N–H and O–H groups in total. The van der Waals surface area contributed by atoms with Crippen molar-refractivity contribution in [1.29, 1.82) is 0 Å². The van der Waals surface area contributed by atoms with E-state index in [1.54, 1.807) is 35.2 Å². The van der Waals surface area contributed by atoms with Gasteiger partial charge in [0.05, 0.1) is 28.5 Å². The highest BCUT2D eigenvalue weighted by molar-refractivity contribution is 7.91. The molecule has 0 bridgehead atoms. The molecule has 1 aromatic heterocycles. The third kappa shape index (κ3) is 5.40. The second kappa shape index (κ2) is 10.1. The van der Waals surface area contributed by atoms with Gasteiger partial charge in [-0.15, -0.1) is 0 Å². The van der Waals surface area contributed by atoms with Crippen molar-refractivity contribution in [2.24, 2.45) is 0 Å². The van der Waals surface area contributed by atoms with E-state index in [1.165, 1.54) is 11.3 Å². The molecule has 0 atom stereocenters. The highest BCUT2D eigenvalue weighted by atomic mass is 32.2. The first kappa shape index (κ1) is 22.9. The van der Waals surface area contributed by atoms with E-state index >= 15 is 0 Å². The Morgan fingerprint density at radius 3 is 2.36 bits per heavy atom. The van der Waals surface area contributed by atoms with Crippen LogP contribution in [0.5, 0.6) is 5.75 Å². The predicted octanol–water partition coefficient (Wildman–Crippen LogP) is 5.09. The van der Waals surface area contributed by atoms with Crippen LogP contribution in [0, 0.1) is 0 Å². The molecule has 0 saturated carbocycles. The first-order chi connectivity index (χ1) is 16.0. The summed E-state index contributed by atoms with van der Waals surface area (Å²) in [6.45, 7) is 2.72. The van der Waals surface area contributed by atoms with Crippen molar-refractivity contribution in [1.82, 2.24) is 4.98 Å². The minimum atomic E-state index is -3.57. The lowest BCUT2D eigenvalue weighted by Gasteiger charge is -2.20. The molecular weight excluding hydrogens is 456 g/mol. The number of aromatic nitrogens is 1. The van der Waals surface area contributed by atoms with Gasteiger partial charge in [-0.25, -0.2) is 13.4 Å². The lowest BCUT2D eigenvalue weighted by atomic mass is 10.2. The van der Waals surface area contributed by atoms with Crippen molar-refractivity contribution in [3.8, 4) is 5.75 Å². The summed E-state index contributed by atoms with van der Waals surface area (Å²) in [4.78, 5) is 19.8. The van der Waals surface area contributed by atoms with Crippen LogP contribution in [0.4, 0.5) is 5.13 Å². The second-order valence-corrected chi connectivity index (χ2v) is 10.5. The number of rotatable bonds is 9. The predicted molar refractivity (Wildman–Crippen MR) is 132 cm³/mol. The van der Waals surface area contributed by atoms with E-state index in [-0.39, 0.29) is 23.0 Å². The van der Waals surface area contributed by atoms with E-state index in [1.807, 2.05) is 55.5 Å². The third-order valence-electron chi connectivity index (χ3n) is 5.07. The van der Waals surface area contributed by atoms with Gasteiger partial charge in [0.1, 0.15) is 11.3 Å². The summed E-state index contributed by atoms with van der Waals surface area (Å²) >= 11 is 1.39. The molecule has 0 saturated heterocycles. The number of para-hydroxylation sites is 1. The van der Waals surface area contributed by atoms with E-state index < -0.39 is 9.84 Å². The van der Waals surface area contributed by atoms with Gasteiger partial charge in [-0.3, -0.25) is 9.69 Å². The molecule has 33 heavy (non-hydrogen) atoms. The Labute approximate surface area is 197 Å². The van der Waals surface area contributed by atoms with Crippen molar-refractivity contribution >= 4 is 42.4 Å². The molecule has 0 unspecified atom stereocenters. The average Bonchev–Trinajstić information content (AvgIpc) is 3.27. The Balaban J connectivity index is 1.63. The zero-order chi connectivity index (χ0) is 23.3. The zero-order valence-electron chi connectivity index (χ0n) is 18.2. The van der Waals surface area contributed by atoms with E-state index in [9.17, 15) is 13.2 Å². The fraction of sp³-hybridized carbons (Fsp3) is 0.200. The molecule has 4 rings (SSSR count). The molecule has 170 valence electrons. The molecule has 6 nitrogen and oxygen atoms in total. The number of hydrogen-bond acceptors (Lipinski definition) is 6. The van der Waals surface area contributed by atoms with Gasteiger partial charge in [0.2, 0.25) is 5.91 Å². The summed E-state index contributed by atoms with van der Waals surface area (Å²) in [5, 5.41) is 0.517. The van der Waals surface area contributed by atoms with Crippen LogP contribution in [-0.4, -0.2) is 31.7 Å². The van der Waals surface area contributed by atoms with Crippen LogP contribution in [0.2, 0.25) is 0 Å². The number of thiazole rings is 1. The first-order valence-corrected chi connectivity index (χ1v) is 13.1. The lowest BCUT2D eigenvalue weighted by molar-refractivity contribution is -0.118. The molecule has 0 aliphatic rings. The van der Waals surface area contributed by atoms with E-state index in [0.717, 1.165) is 10.3 Å². The normalized spacial score (nSPS) is 11.4. The topological polar surface area (TPSA) is 76.6 Å². The molecule has 0 aliphatic heterocycles. The van der Waals surface area contributed by atoms with Gasteiger partial charge in [-0.2, -0.15) is 0 Å². The van der Waals surface area contributed by atoms with Crippen LogP contribution < -0.4 is 9.64 Å². The van der Waals surface area contributed by atoms with E-state index in [0.29, 0.717) is 29.5 Å². The number of amides is 1. The molecule has 4 aromatic rings. The van der Waals surface area contributed by atoms with Crippen LogP contribution in [0.15, 0.2) is 83.8 Å². The second-order valence-electron chi connectivity index (χ2n) is 7.38. The Morgan fingerprint density at radius 1 is 0.970 bits per heavy atom. The maximum atomic E-state index is 13.3. The van der Waals surface area contributed by atoms with Crippen LogP contribution in [-0.2, 0) is 21.2 Å². The fourth-order valence-corrected chi connectivity index (χ4v) is 5.68. The van der Waals surface area contributed by atoms with Gasteiger partial charge in [-0.1, -0.05) is 65.9 Å². The Kier molecular flexibility index (Phi) is 7.05. The third-order valence-corrected chi connectivity index (χ3v) is 7.85. The first-order valence-electron chi connectivity index (χ1n) is 10.6. The van der Waals surface area contributed by atoms with Crippen LogP contribution in [0.3, 0.4) is 0 Å². The zero-order valence-corrected chi connectivity index (χ0v) is 19.8. The maximum absolute atomic E-state index is 13.3. The van der Waals surface area contributed by atoms with Gasteiger partial charge in [0, 0.05) is 6.42 Å². The number of carbonyl (C=O) groups excluding carboxylic acids is 1. The summed E-state index contributed by atoms with van der Waals surface area (Å²) in [5.41, 5.74) is 1.63. The number of sulfone groups is 1. The number of hydrogen-bond donors (Lipinski definition) is 0. The number of nitrogens with zero attached hydrogens (tertiary/aromatic N) is 2. The summed E-state index contributed by atoms with van der Waals surface area (Å²) in [7, 11) is -3.57. The van der Waals surface area contributed by atoms with Gasteiger partial charge in [-0.05, 0) is 36.8 Å². The average molecular weight is 481 g/mol. The summed E-state index contributed by atoms with van der Waals surface area (Å²) in [6.07, 6.45) is -0.141. The Hall–Kier alpha value is -3.23. The largest absolute Gasteiger partial charge is 0.492 e. The van der Waals surface area contributed by atoms with Crippen LogP contribution in [0.1, 0.15) is 18.9 Å². The Morgan fingerprint density at radius 2 is 1.67 bits per heavy atom. The molecule has 1 amide bonds. The van der Waals surface area contributed by atoms with Crippen LogP contribution in [0.25, 0.3) is 10.2 Å². The SMILES string of the molecule is CCOc1cccc2sc(N(Cc3ccccc3)C(=O)CCS(=O)(=O)c3ccccc3)nc12.